The fraction of sp³-hybridized carbons (Fsp3) is 0.667. The molecule has 0 amide bonds. The van der Waals surface area contributed by atoms with Gasteiger partial charge in [-0.2, -0.15) is 0 Å². The first-order chi connectivity index (χ1) is 12.7. The summed E-state index contributed by atoms with van der Waals surface area (Å²) in [6, 6.07) is 7.63. The summed E-state index contributed by atoms with van der Waals surface area (Å²) in [5.41, 5.74) is 2.33. The van der Waals surface area contributed by atoms with Crippen LogP contribution in [0.15, 0.2) is 23.2 Å². The molecule has 1 aliphatic carbocycles. The van der Waals surface area contributed by atoms with Gasteiger partial charge in [-0.05, 0) is 50.3 Å². The minimum absolute atomic E-state index is 0. The third kappa shape index (κ3) is 6.24. The summed E-state index contributed by atoms with van der Waals surface area (Å²) >= 11 is 0. The van der Waals surface area contributed by atoms with E-state index >= 15 is 0 Å². The number of aliphatic imine (C=N–C) groups is 1. The van der Waals surface area contributed by atoms with Crippen LogP contribution in [-0.4, -0.2) is 49.7 Å². The first kappa shape index (κ1) is 22.3. The topological polar surface area (TPSA) is 48.9 Å². The van der Waals surface area contributed by atoms with E-state index in [0.29, 0.717) is 12.6 Å². The SMILES string of the molecule is CCNC(=NCc1ccc(C)c(OC)c1)NC1CCN(C2CCCC2)C1.I. The van der Waals surface area contributed by atoms with Crippen LogP contribution in [0.25, 0.3) is 0 Å². The number of hydrogen-bond donors (Lipinski definition) is 2. The van der Waals surface area contributed by atoms with Gasteiger partial charge in [-0.3, -0.25) is 4.90 Å². The van der Waals surface area contributed by atoms with E-state index in [9.17, 15) is 0 Å². The van der Waals surface area contributed by atoms with Gasteiger partial charge in [-0.15, -0.1) is 24.0 Å². The lowest BCUT2D eigenvalue weighted by Crippen LogP contribution is -2.45. The third-order valence-electron chi connectivity index (χ3n) is 5.64. The molecule has 1 unspecified atom stereocenters. The normalized spacial score (nSPS) is 21.1. The summed E-state index contributed by atoms with van der Waals surface area (Å²) in [7, 11) is 1.72. The van der Waals surface area contributed by atoms with Crippen molar-refractivity contribution in [1.82, 2.24) is 15.5 Å². The zero-order valence-electron chi connectivity index (χ0n) is 17.0. The molecule has 0 radical (unpaired) electrons. The predicted octanol–water partition coefficient (Wildman–Crippen LogP) is 3.69. The van der Waals surface area contributed by atoms with Crippen LogP contribution in [-0.2, 0) is 6.54 Å². The van der Waals surface area contributed by atoms with Gasteiger partial charge in [0.25, 0.3) is 0 Å². The Kier molecular flexibility index (Phi) is 9.15. The van der Waals surface area contributed by atoms with E-state index in [-0.39, 0.29) is 24.0 Å². The molecule has 0 aromatic heterocycles. The maximum Gasteiger partial charge on any atom is 0.191 e. The van der Waals surface area contributed by atoms with Gasteiger partial charge in [0.2, 0.25) is 0 Å². The van der Waals surface area contributed by atoms with Crippen molar-refractivity contribution in [2.75, 3.05) is 26.7 Å². The minimum Gasteiger partial charge on any atom is -0.496 e. The first-order valence-corrected chi connectivity index (χ1v) is 10.1. The summed E-state index contributed by atoms with van der Waals surface area (Å²) in [4.78, 5) is 7.47. The molecule has 1 saturated carbocycles. The number of nitrogens with one attached hydrogen (secondary N) is 2. The van der Waals surface area contributed by atoms with Crippen molar-refractivity contribution in [3.63, 3.8) is 0 Å². The molecule has 1 atom stereocenters. The lowest BCUT2D eigenvalue weighted by atomic mass is 10.1. The van der Waals surface area contributed by atoms with Crippen molar-refractivity contribution in [1.29, 1.82) is 0 Å². The molecule has 1 aromatic carbocycles. The van der Waals surface area contributed by atoms with E-state index < -0.39 is 0 Å². The lowest BCUT2D eigenvalue weighted by Gasteiger charge is -2.24. The van der Waals surface area contributed by atoms with Crippen LogP contribution in [0.5, 0.6) is 5.75 Å². The van der Waals surface area contributed by atoms with Gasteiger partial charge in [0.05, 0.1) is 13.7 Å². The zero-order chi connectivity index (χ0) is 18.4. The van der Waals surface area contributed by atoms with E-state index in [1.807, 2.05) is 0 Å². The second-order valence-corrected chi connectivity index (χ2v) is 7.56. The number of halogens is 1. The van der Waals surface area contributed by atoms with Crippen LogP contribution in [0.2, 0.25) is 0 Å². The average Bonchev–Trinajstić information content (AvgIpc) is 3.32. The van der Waals surface area contributed by atoms with E-state index in [0.717, 1.165) is 36.4 Å². The number of benzene rings is 1. The molecule has 1 aromatic rings. The molecule has 2 aliphatic rings. The lowest BCUT2D eigenvalue weighted by molar-refractivity contribution is 0.242. The second kappa shape index (κ2) is 11.1. The number of likely N-dealkylation sites (tertiary alicyclic amines) is 1. The van der Waals surface area contributed by atoms with Gasteiger partial charge in [-0.1, -0.05) is 25.0 Å². The minimum atomic E-state index is 0. The van der Waals surface area contributed by atoms with Crippen LogP contribution in [0.1, 0.15) is 50.2 Å². The largest absolute Gasteiger partial charge is 0.496 e. The van der Waals surface area contributed by atoms with Crippen LogP contribution in [0.3, 0.4) is 0 Å². The Balaban J connectivity index is 0.00000261. The Hall–Kier alpha value is -1.02. The number of nitrogens with zero attached hydrogens (tertiary/aromatic N) is 2. The summed E-state index contributed by atoms with van der Waals surface area (Å²) in [5, 5.41) is 7.04. The number of rotatable bonds is 6. The molecule has 2 N–H and O–H groups in total. The molecule has 0 bridgehead atoms. The number of guanidine groups is 1. The molecular formula is C21H35IN4O. The van der Waals surface area contributed by atoms with Crippen molar-refractivity contribution in [3.05, 3.63) is 29.3 Å². The highest BCUT2D eigenvalue weighted by atomic mass is 127. The number of hydrogen-bond acceptors (Lipinski definition) is 3. The van der Waals surface area contributed by atoms with Gasteiger partial charge in [-0.25, -0.2) is 4.99 Å². The monoisotopic (exact) mass is 486 g/mol. The Bertz CT molecular complexity index is 616. The summed E-state index contributed by atoms with van der Waals surface area (Å²) < 4.78 is 5.42. The molecule has 27 heavy (non-hydrogen) atoms. The third-order valence-corrected chi connectivity index (χ3v) is 5.64. The fourth-order valence-corrected chi connectivity index (χ4v) is 4.15. The first-order valence-electron chi connectivity index (χ1n) is 10.1. The molecule has 0 spiro atoms. The van der Waals surface area contributed by atoms with Crippen molar-refractivity contribution >= 4 is 29.9 Å². The quantitative estimate of drug-likeness (QED) is 0.366. The molecule has 2 fully saturated rings. The highest BCUT2D eigenvalue weighted by Gasteiger charge is 2.30. The van der Waals surface area contributed by atoms with E-state index in [2.05, 4.69) is 47.6 Å². The highest BCUT2D eigenvalue weighted by Crippen LogP contribution is 2.26. The Morgan fingerprint density at radius 2 is 2.04 bits per heavy atom. The Morgan fingerprint density at radius 3 is 2.74 bits per heavy atom. The molecule has 1 aliphatic heterocycles. The molecule has 1 saturated heterocycles. The summed E-state index contributed by atoms with van der Waals surface area (Å²) in [6.07, 6.45) is 6.79. The summed E-state index contributed by atoms with van der Waals surface area (Å²) in [5.74, 6) is 1.85. The van der Waals surface area contributed by atoms with Crippen LogP contribution >= 0.6 is 24.0 Å². The van der Waals surface area contributed by atoms with E-state index in [1.54, 1.807) is 7.11 Å². The standard InChI is InChI=1S/C21H34N4O.HI/c1-4-22-21(23-14-17-10-9-16(2)20(13-17)26-3)24-18-11-12-25(15-18)19-7-5-6-8-19;/h9-10,13,18-19H,4-8,11-12,14-15H2,1-3H3,(H2,22,23,24);1H. The maximum absolute atomic E-state index is 5.42. The molecule has 3 rings (SSSR count). The van der Waals surface area contributed by atoms with Gasteiger partial charge >= 0.3 is 0 Å². The second-order valence-electron chi connectivity index (χ2n) is 7.56. The molecule has 6 heteroatoms. The Labute approximate surface area is 181 Å². The van der Waals surface area contributed by atoms with E-state index in [1.165, 1.54) is 44.2 Å². The highest BCUT2D eigenvalue weighted by molar-refractivity contribution is 14.0. The van der Waals surface area contributed by atoms with Crippen LogP contribution < -0.4 is 15.4 Å². The van der Waals surface area contributed by atoms with Crippen molar-refractivity contribution in [2.24, 2.45) is 4.99 Å². The van der Waals surface area contributed by atoms with Crippen molar-refractivity contribution in [3.8, 4) is 5.75 Å². The van der Waals surface area contributed by atoms with Gasteiger partial charge in [0.15, 0.2) is 5.96 Å². The van der Waals surface area contributed by atoms with Crippen molar-refractivity contribution < 1.29 is 4.74 Å². The van der Waals surface area contributed by atoms with Gasteiger partial charge in [0, 0.05) is 31.7 Å². The van der Waals surface area contributed by atoms with Crippen LogP contribution in [0, 0.1) is 6.92 Å². The van der Waals surface area contributed by atoms with E-state index in [4.69, 9.17) is 9.73 Å². The number of methoxy groups -OCH3 is 1. The zero-order valence-corrected chi connectivity index (χ0v) is 19.3. The Morgan fingerprint density at radius 1 is 1.26 bits per heavy atom. The molecule has 5 nitrogen and oxygen atoms in total. The number of aryl methyl sites for hydroxylation is 1. The molecular weight excluding hydrogens is 451 g/mol. The summed E-state index contributed by atoms with van der Waals surface area (Å²) in [6.45, 7) is 8.08. The smallest absolute Gasteiger partial charge is 0.191 e. The van der Waals surface area contributed by atoms with Gasteiger partial charge < -0.3 is 15.4 Å². The average molecular weight is 486 g/mol. The molecule has 152 valence electrons. The fourth-order valence-electron chi connectivity index (χ4n) is 4.15. The predicted molar refractivity (Wildman–Crippen MR) is 123 cm³/mol. The van der Waals surface area contributed by atoms with Gasteiger partial charge in [0.1, 0.15) is 5.75 Å². The van der Waals surface area contributed by atoms with Crippen LogP contribution in [0.4, 0.5) is 0 Å². The number of ether oxygens (including phenoxy) is 1. The molecule has 1 heterocycles. The maximum atomic E-state index is 5.42. The van der Waals surface area contributed by atoms with Crippen molar-refractivity contribution in [2.45, 2.75) is 64.6 Å².